The number of rotatable bonds is 6. The molecule has 2 aromatic carbocycles. The first kappa shape index (κ1) is 20.3. The standard InChI is InChI=1S/C22H24N4O3S/c1-15-9-12-17(13-20(15)30(28,29)25(2)3)24-22(27)19-14-23-26(21(19)16-10-11-16)18-7-5-4-6-8-18/h4-9,12-14,16H,10-11H2,1-3H3,(H,24,27). The molecule has 1 heterocycles. The van der Waals surface area contributed by atoms with Crippen molar-refractivity contribution in [2.45, 2.75) is 30.6 Å². The highest BCUT2D eigenvalue weighted by Gasteiger charge is 2.33. The number of sulfonamides is 1. The van der Waals surface area contributed by atoms with Crippen molar-refractivity contribution in [3.05, 3.63) is 71.5 Å². The van der Waals surface area contributed by atoms with E-state index >= 15 is 0 Å². The number of carbonyl (C=O) groups excluding carboxylic acids is 1. The van der Waals surface area contributed by atoms with E-state index in [-0.39, 0.29) is 10.8 Å². The average molecular weight is 425 g/mol. The van der Waals surface area contributed by atoms with Crippen molar-refractivity contribution in [1.29, 1.82) is 0 Å². The fourth-order valence-electron chi connectivity index (χ4n) is 3.41. The van der Waals surface area contributed by atoms with E-state index in [1.165, 1.54) is 20.2 Å². The Morgan fingerprint density at radius 3 is 2.47 bits per heavy atom. The smallest absolute Gasteiger partial charge is 0.259 e. The lowest BCUT2D eigenvalue weighted by Gasteiger charge is -2.15. The number of aromatic nitrogens is 2. The molecule has 0 spiro atoms. The Morgan fingerprint density at radius 2 is 1.83 bits per heavy atom. The number of nitrogens with zero attached hydrogens (tertiary/aromatic N) is 3. The first-order chi connectivity index (χ1) is 14.3. The molecule has 1 amide bonds. The lowest BCUT2D eigenvalue weighted by atomic mass is 10.1. The van der Waals surface area contributed by atoms with Gasteiger partial charge in [-0.1, -0.05) is 24.3 Å². The van der Waals surface area contributed by atoms with E-state index in [9.17, 15) is 13.2 Å². The molecule has 1 N–H and O–H groups in total. The number of benzene rings is 2. The van der Waals surface area contributed by atoms with Crippen LogP contribution in [0.25, 0.3) is 5.69 Å². The fraction of sp³-hybridized carbons (Fsp3) is 0.273. The van der Waals surface area contributed by atoms with Gasteiger partial charge < -0.3 is 5.32 Å². The van der Waals surface area contributed by atoms with Gasteiger partial charge in [-0.05, 0) is 49.6 Å². The van der Waals surface area contributed by atoms with Crippen molar-refractivity contribution < 1.29 is 13.2 Å². The van der Waals surface area contributed by atoms with Gasteiger partial charge in [0.15, 0.2) is 0 Å². The van der Waals surface area contributed by atoms with Crippen molar-refractivity contribution >= 4 is 21.6 Å². The van der Waals surface area contributed by atoms with Crippen molar-refractivity contribution in [2.75, 3.05) is 19.4 Å². The van der Waals surface area contributed by atoms with E-state index in [2.05, 4.69) is 10.4 Å². The van der Waals surface area contributed by atoms with Crippen LogP contribution in [0.4, 0.5) is 5.69 Å². The lowest BCUT2D eigenvalue weighted by molar-refractivity contribution is 0.102. The van der Waals surface area contributed by atoms with Gasteiger partial charge in [0, 0.05) is 25.7 Å². The van der Waals surface area contributed by atoms with Gasteiger partial charge in [0.1, 0.15) is 0 Å². The molecule has 1 saturated carbocycles. The molecule has 0 aliphatic heterocycles. The van der Waals surface area contributed by atoms with Gasteiger partial charge in [-0.15, -0.1) is 0 Å². The zero-order valence-electron chi connectivity index (χ0n) is 17.2. The summed E-state index contributed by atoms with van der Waals surface area (Å²) in [5.74, 6) is 0.00675. The first-order valence-electron chi connectivity index (χ1n) is 9.77. The summed E-state index contributed by atoms with van der Waals surface area (Å²) in [5, 5.41) is 7.31. The topological polar surface area (TPSA) is 84.3 Å². The zero-order valence-corrected chi connectivity index (χ0v) is 18.0. The van der Waals surface area contributed by atoms with Crippen molar-refractivity contribution in [3.63, 3.8) is 0 Å². The molecule has 8 heteroatoms. The number of para-hydroxylation sites is 1. The highest BCUT2D eigenvalue weighted by molar-refractivity contribution is 7.89. The molecule has 1 fully saturated rings. The maximum absolute atomic E-state index is 13.1. The van der Waals surface area contributed by atoms with E-state index in [0.717, 1.165) is 28.5 Å². The minimum absolute atomic E-state index is 0.174. The van der Waals surface area contributed by atoms with Crippen LogP contribution in [-0.4, -0.2) is 42.5 Å². The van der Waals surface area contributed by atoms with Gasteiger partial charge in [-0.25, -0.2) is 17.4 Å². The average Bonchev–Trinajstić information content (AvgIpc) is 3.47. The van der Waals surface area contributed by atoms with E-state index < -0.39 is 10.0 Å². The second-order valence-electron chi connectivity index (χ2n) is 7.69. The molecule has 4 rings (SSSR count). The molecule has 0 unspecified atom stereocenters. The van der Waals surface area contributed by atoms with Crippen LogP contribution in [0.15, 0.2) is 59.6 Å². The molecule has 1 aliphatic carbocycles. The quantitative estimate of drug-likeness (QED) is 0.656. The number of hydrogen-bond acceptors (Lipinski definition) is 4. The summed E-state index contributed by atoms with van der Waals surface area (Å²) in [7, 11) is -0.636. The normalized spacial score (nSPS) is 14.1. The SMILES string of the molecule is Cc1ccc(NC(=O)c2cnn(-c3ccccc3)c2C2CC2)cc1S(=O)(=O)N(C)C. The van der Waals surface area contributed by atoms with Crippen LogP contribution in [0.1, 0.15) is 40.4 Å². The molecule has 0 atom stereocenters. The highest BCUT2D eigenvalue weighted by atomic mass is 32.2. The van der Waals surface area contributed by atoms with Crippen LogP contribution in [0.5, 0.6) is 0 Å². The number of anilines is 1. The Balaban J connectivity index is 1.67. The molecule has 156 valence electrons. The van der Waals surface area contributed by atoms with Gasteiger partial charge in [-0.2, -0.15) is 5.10 Å². The van der Waals surface area contributed by atoms with Crippen molar-refractivity contribution in [1.82, 2.24) is 14.1 Å². The molecule has 0 bridgehead atoms. The molecule has 1 aliphatic rings. The first-order valence-corrected chi connectivity index (χ1v) is 11.2. The largest absolute Gasteiger partial charge is 0.322 e. The Labute approximate surface area is 176 Å². The second-order valence-corrected chi connectivity index (χ2v) is 9.81. The molecule has 1 aromatic heterocycles. The van der Waals surface area contributed by atoms with Gasteiger partial charge in [0.2, 0.25) is 10.0 Å². The predicted molar refractivity (Wildman–Crippen MR) is 116 cm³/mol. The molecule has 30 heavy (non-hydrogen) atoms. The van der Waals surface area contributed by atoms with Gasteiger partial charge in [-0.3, -0.25) is 4.79 Å². The third kappa shape index (κ3) is 3.76. The molecule has 0 radical (unpaired) electrons. The number of aryl methyl sites for hydroxylation is 1. The van der Waals surface area contributed by atoms with Crippen LogP contribution in [0, 0.1) is 6.92 Å². The zero-order chi connectivity index (χ0) is 21.5. The van der Waals surface area contributed by atoms with E-state index in [4.69, 9.17) is 0 Å². The van der Waals surface area contributed by atoms with Crippen LogP contribution in [0.2, 0.25) is 0 Å². The van der Waals surface area contributed by atoms with Crippen molar-refractivity contribution in [3.8, 4) is 5.69 Å². The predicted octanol–water partition coefficient (Wildman–Crippen LogP) is 3.56. The van der Waals surface area contributed by atoms with E-state index in [1.54, 1.807) is 25.3 Å². The Bertz CT molecular complexity index is 1200. The van der Waals surface area contributed by atoms with Crippen LogP contribution >= 0.6 is 0 Å². The highest BCUT2D eigenvalue weighted by Crippen LogP contribution is 2.42. The van der Waals surface area contributed by atoms with Gasteiger partial charge >= 0.3 is 0 Å². The molecule has 7 nitrogen and oxygen atoms in total. The van der Waals surface area contributed by atoms with Gasteiger partial charge in [0.05, 0.1) is 28.0 Å². The second kappa shape index (κ2) is 7.70. The van der Waals surface area contributed by atoms with Crippen LogP contribution in [-0.2, 0) is 10.0 Å². The van der Waals surface area contributed by atoms with E-state index in [1.807, 2.05) is 35.0 Å². The van der Waals surface area contributed by atoms with Gasteiger partial charge in [0.25, 0.3) is 5.91 Å². The Morgan fingerprint density at radius 1 is 1.13 bits per heavy atom. The minimum Gasteiger partial charge on any atom is -0.322 e. The fourth-order valence-corrected chi connectivity index (χ4v) is 4.55. The molecule has 3 aromatic rings. The summed E-state index contributed by atoms with van der Waals surface area (Å²) in [6, 6.07) is 14.6. The summed E-state index contributed by atoms with van der Waals surface area (Å²) >= 11 is 0. The lowest BCUT2D eigenvalue weighted by Crippen LogP contribution is -2.23. The maximum Gasteiger partial charge on any atom is 0.259 e. The molecular formula is C22H24N4O3S. The number of hydrogen-bond donors (Lipinski definition) is 1. The molecular weight excluding hydrogens is 400 g/mol. The Kier molecular flexibility index (Phi) is 5.21. The Hall–Kier alpha value is -2.97. The summed E-state index contributed by atoms with van der Waals surface area (Å²) in [4.78, 5) is 13.2. The summed E-state index contributed by atoms with van der Waals surface area (Å²) < 4.78 is 28.1. The third-order valence-electron chi connectivity index (χ3n) is 5.22. The summed E-state index contributed by atoms with van der Waals surface area (Å²) in [6.07, 6.45) is 3.63. The van der Waals surface area contributed by atoms with E-state index in [0.29, 0.717) is 22.7 Å². The third-order valence-corrected chi connectivity index (χ3v) is 7.18. The summed E-state index contributed by atoms with van der Waals surface area (Å²) in [6.45, 7) is 1.73. The number of carbonyl (C=O) groups is 1. The summed E-state index contributed by atoms with van der Waals surface area (Å²) in [5.41, 5.74) is 3.37. The molecule has 0 saturated heterocycles. The monoisotopic (exact) mass is 424 g/mol. The number of amides is 1. The minimum atomic E-state index is -3.61. The maximum atomic E-state index is 13.1. The van der Waals surface area contributed by atoms with Crippen molar-refractivity contribution in [2.24, 2.45) is 0 Å². The van der Waals surface area contributed by atoms with Crippen LogP contribution < -0.4 is 5.32 Å². The van der Waals surface area contributed by atoms with Crippen LogP contribution in [0.3, 0.4) is 0 Å². The number of nitrogens with one attached hydrogen (secondary N) is 1.